The highest BCUT2D eigenvalue weighted by Gasteiger charge is 2.46. The molecule has 1 aromatic heterocycles. The first kappa shape index (κ1) is 17.8. The number of likely N-dealkylation sites (tertiary alicyclic amines) is 2. The zero-order valence-corrected chi connectivity index (χ0v) is 16.1. The van der Waals surface area contributed by atoms with E-state index in [1.54, 1.807) is 18.2 Å². The van der Waals surface area contributed by atoms with E-state index in [1.807, 2.05) is 11.9 Å². The summed E-state index contributed by atoms with van der Waals surface area (Å²) < 4.78 is 5.78. The first-order chi connectivity index (χ1) is 12.5. The number of benzene rings is 1. The van der Waals surface area contributed by atoms with Gasteiger partial charge >= 0.3 is 0 Å². The summed E-state index contributed by atoms with van der Waals surface area (Å²) >= 11 is 12.4. The Labute approximate surface area is 162 Å². The summed E-state index contributed by atoms with van der Waals surface area (Å²) in [4.78, 5) is 16.5. The van der Waals surface area contributed by atoms with Crippen LogP contribution in [0.5, 0.6) is 0 Å². The van der Waals surface area contributed by atoms with Crippen molar-refractivity contribution in [2.24, 2.45) is 5.41 Å². The van der Waals surface area contributed by atoms with Crippen LogP contribution < -0.4 is 0 Å². The summed E-state index contributed by atoms with van der Waals surface area (Å²) in [6, 6.07) is 5.26. The van der Waals surface area contributed by atoms with Gasteiger partial charge in [-0.25, -0.2) is 0 Å². The third-order valence-corrected chi connectivity index (χ3v) is 6.17. The third kappa shape index (κ3) is 3.10. The Bertz CT molecular complexity index is 810. The molecular weight excluding hydrogens is 375 g/mol. The Morgan fingerprint density at radius 1 is 1.12 bits per heavy atom. The summed E-state index contributed by atoms with van der Waals surface area (Å²) in [5, 5.41) is 9.19. The van der Waals surface area contributed by atoms with Crippen molar-refractivity contribution in [3.63, 3.8) is 0 Å². The first-order valence-corrected chi connectivity index (χ1v) is 9.49. The molecular formula is C18H20Cl2N4O2. The number of halogens is 2. The van der Waals surface area contributed by atoms with Gasteiger partial charge in [0.25, 0.3) is 5.89 Å². The van der Waals surface area contributed by atoms with E-state index in [0.29, 0.717) is 39.8 Å². The lowest BCUT2D eigenvalue weighted by Crippen LogP contribution is -2.43. The first-order valence-electron chi connectivity index (χ1n) is 8.73. The van der Waals surface area contributed by atoms with E-state index in [1.165, 1.54) is 0 Å². The largest absolute Gasteiger partial charge is 0.419 e. The van der Waals surface area contributed by atoms with Gasteiger partial charge in [-0.3, -0.25) is 9.69 Å². The van der Waals surface area contributed by atoms with Crippen LogP contribution in [0, 0.1) is 5.41 Å². The van der Waals surface area contributed by atoms with E-state index in [0.717, 1.165) is 38.9 Å². The molecule has 2 aromatic rings. The molecule has 0 bridgehead atoms. The van der Waals surface area contributed by atoms with Crippen LogP contribution in [0.25, 0.3) is 11.5 Å². The van der Waals surface area contributed by atoms with Gasteiger partial charge in [0.2, 0.25) is 11.8 Å². The molecule has 1 spiro atoms. The molecule has 2 saturated heterocycles. The van der Waals surface area contributed by atoms with Crippen molar-refractivity contribution in [2.45, 2.75) is 25.8 Å². The molecule has 2 aliphatic heterocycles. The number of carbonyl (C=O) groups is 1. The van der Waals surface area contributed by atoms with Crippen molar-refractivity contribution in [1.29, 1.82) is 0 Å². The van der Waals surface area contributed by atoms with E-state index in [-0.39, 0.29) is 5.41 Å². The highest BCUT2D eigenvalue weighted by atomic mass is 35.5. The molecule has 4 rings (SSSR count). The molecule has 6 nitrogen and oxygen atoms in total. The Balaban J connectivity index is 1.42. The van der Waals surface area contributed by atoms with Gasteiger partial charge in [-0.15, -0.1) is 10.2 Å². The number of amides is 1. The predicted octanol–water partition coefficient (Wildman–Crippen LogP) is 3.49. The molecule has 8 heteroatoms. The van der Waals surface area contributed by atoms with E-state index >= 15 is 0 Å². The van der Waals surface area contributed by atoms with Gasteiger partial charge in [0.1, 0.15) is 0 Å². The van der Waals surface area contributed by atoms with Crippen LogP contribution in [0.3, 0.4) is 0 Å². The third-order valence-electron chi connectivity index (χ3n) is 5.54. The van der Waals surface area contributed by atoms with Crippen LogP contribution in [-0.4, -0.2) is 52.6 Å². The lowest BCUT2D eigenvalue weighted by atomic mass is 9.77. The maximum Gasteiger partial charge on any atom is 0.250 e. The van der Waals surface area contributed by atoms with Crippen LogP contribution in [-0.2, 0) is 11.3 Å². The van der Waals surface area contributed by atoms with Crippen LogP contribution in [0.1, 0.15) is 25.2 Å². The molecule has 2 fully saturated rings. The van der Waals surface area contributed by atoms with Crippen molar-refractivity contribution < 1.29 is 9.21 Å². The Hall–Kier alpha value is -1.63. The minimum absolute atomic E-state index is 0.156. The molecule has 0 radical (unpaired) electrons. The summed E-state index contributed by atoms with van der Waals surface area (Å²) in [5.41, 5.74) is 0.405. The van der Waals surface area contributed by atoms with Crippen molar-refractivity contribution in [2.75, 3.05) is 26.7 Å². The summed E-state index contributed by atoms with van der Waals surface area (Å²) in [7, 11) is 1.89. The fourth-order valence-electron chi connectivity index (χ4n) is 3.91. The monoisotopic (exact) mass is 394 g/mol. The van der Waals surface area contributed by atoms with Crippen LogP contribution in [0.15, 0.2) is 22.6 Å². The maximum absolute atomic E-state index is 12.4. The number of rotatable bonds is 3. The quantitative estimate of drug-likeness (QED) is 0.796. The van der Waals surface area contributed by atoms with Crippen molar-refractivity contribution >= 4 is 29.1 Å². The normalized spacial score (nSPS) is 20.3. The van der Waals surface area contributed by atoms with Crippen molar-refractivity contribution in [3.05, 3.63) is 34.1 Å². The van der Waals surface area contributed by atoms with Gasteiger partial charge in [0, 0.05) is 13.6 Å². The number of piperidine rings is 1. The van der Waals surface area contributed by atoms with Gasteiger partial charge in [-0.1, -0.05) is 29.3 Å². The second kappa shape index (κ2) is 6.83. The van der Waals surface area contributed by atoms with Gasteiger partial charge in [0.15, 0.2) is 0 Å². The smallest absolute Gasteiger partial charge is 0.250 e. The highest BCUT2D eigenvalue weighted by molar-refractivity contribution is 6.38. The zero-order chi connectivity index (χ0) is 18.3. The summed E-state index contributed by atoms with van der Waals surface area (Å²) in [6.07, 6.45) is 2.73. The molecule has 2 aliphatic rings. The lowest BCUT2D eigenvalue weighted by Gasteiger charge is -2.37. The average molecular weight is 395 g/mol. The minimum atomic E-state index is -0.156. The molecule has 0 unspecified atom stereocenters. The molecule has 26 heavy (non-hydrogen) atoms. The molecule has 3 heterocycles. The minimum Gasteiger partial charge on any atom is -0.419 e. The SMILES string of the molecule is CN1CCC2(CCN(Cc3nnc(-c4c(Cl)cccc4Cl)o3)CC2)C1=O. The van der Waals surface area contributed by atoms with Crippen molar-refractivity contribution in [3.8, 4) is 11.5 Å². The van der Waals surface area contributed by atoms with Gasteiger partial charge in [0.05, 0.1) is 27.6 Å². The average Bonchev–Trinajstić information content (AvgIpc) is 3.18. The van der Waals surface area contributed by atoms with E-state index in [2.05, 4.69) is 15.1 Å². The molecule has 138 valence electrons. The Morgan fingerprint density at radius 3 is 2.38 bits per heavy atom. The number of hydrogen-bond acceptors (Lipinski definition) is 5. The topological polar surface area (TPSA) is 62.5 Å². The highest BCUT2D eigenvalue weighted by Crippen LogP contribution is 2.41. The summed E-state index contributed by atoms with van der Waals surface area (Å²) in [6.45, 7) is 3.13. The maximum atomic E-state index is 12.4. The standard InChI is InChI=1S/C18H20Cl2N4O2/c1-23-8-5-18(17(23)25)6-9-24(10-7-18)11-14-21-22-16(26-14)15-12(19)3-2-4-13(15)20/h2-4H,5-11H2,1H3. The fourth-order valence-corrected chi connectivity index (χ4v) is 4.47. The number of nitrogens with zero attached hydrogens (tertiary/aromatic N) is 4. The molecule has 1 aromatic carbocycles. The van der Waals surface area contributed by atoms with Crippen molar-refractivity contribution in [1.82, 2.24) is 20.0 Å². The zero-order valence-electron chi connectivity index (χ0n) is 14.5. The predicted molar refractivity (Wildman–Crippen MR) is 99.0 cm³/mol. The van der Waals surface area contributed by atoms with E-state index in [4.69, 9.17) is 27.6 Å². The Morgan fingerprint density at radius 2 is 1.77 bits per heavy atom. The van der Waals surface area contributed by atoms with Gasteiger partial charge in [-0.05, 0) is 44.5 Å². The van der Waals surface area contributed by atoms with E-state index in [9.17, 15) is 4.79 Å². The number of carbonyl (C=O) groups excluding carboxylic acids is 1. The van der Waals surface area contributed by atoms with Crippen LogP contribution in [0.2, 0.25) is 10.0 Å². The van der Waals surface area contributed by atoms with Gasteiger partial charge < -0.3 is 9.32 Å². The number of hydrogen-bond donors (Lipinski definition) is 0. The van der Waals surface area contributed by atoms with Crippen LogP contribution in [0.4, 0.5) is 0 Å². The molecule has 0 saturated carbocycles. The molecule has 0 atom stereocenters. The molecule has 0 aliphatic carbocycles. The van der Waals surface area contributed by atoms with E-state index < -0.39 is 0 Å². The Kier molecular flexibility index (Phi) is 4.67. The lowest BCUT2D eigenvalue weighted by molar-refractivity contribution is -0.137. The molecule has 0 N–H and O–H groups in total. The second-order valence-electron chi connectivity index (χ2n) is 7.13. The summed E-state index contributed by atoms with van der Waals surface area (Å²) in [5.74, 6) is 1.16. The fraction of sp³-hybridized carbons (Fsp3) is 0.500. The van der Waals surface area contributed by atoms with Crippen LogP contribution >= 0.6 is 23.2 Å². The molecule has 1 amide bonds. The number of aromatic nitrogens is 2. The second-order valence-corrected chi connectivity index (χ2v) is 7.95. The van der Waals surface area contributed by atoms with Gasteiger partial charge in [-0.2, -0.15) is 0 Å².